The first-order chi connectivity index (χ1) is 18.9. The molecule has 0 aromatic heterocycles. The van der Waals surface area contributed by atoms with E-state index in [1.54, 1.807) is 17.0 Å². The number of hydrogen-bond donors (Lipinski definition) is 2. The first-order valence-corrected chi connectivity index (χ1v) is 14.0. The number of anilines is 3. The number of amidine groups is 1. The maximum Gasteiger partial charge on any atom is 0.269 e. The molecule has 10 heteroatoms. The van der Waals surface area contributed by atoms with Crippen molar-refractivity contribution in [2.75, 3.05) is 29.1 Å². The maximum absolute atomic E-state index is 13.9. The van der Waals surface area contributed by atoms with Gasteiger partial charge in [0.2, 0.25) is 5.91 Å². The van der Waals surface area contributed by atoms with Crippen LogP contribution in [0.2, 0.25) is 0 Å². The van der Waals surface area contributed by atoms with Gasteiger partial charge in [-0.05, 0) is 60.6 Å². The third-order valence-corrected chi connectivity index (χ3v) is 8.54. The standard InChI is InChI=1S/C29H26N6O2S2/c1-4-31-22-12-10-20(16-30)14-23(22)33-29-35(17-19-8-6-5-7-9-19)27(37)26(39-29)28-34(3)24-15-21(32-18(2)36)11-13-25(24)38-28/h5-15,31H,4,17H2,1-3H3,(H,32,36). The highest BCUT2D eigenvalue weighted by molar-refractivity contribution is 8.19. The van der Waals surface area contributed by atoms with E-state index in [1.165, 1.54) is 30.4 Å². The first kappa shape index (κ1) is 26.4. The van der Waals surface area contributed by atoms with Crippen LogP contribution in [0.5, 0.6) is 0 Å². The Labute approximate surface area is 235 Å². The number of thioether (sulfide) groups is 2. The van der Waals surface area contributed by atoms with Crippen LogP contribution in [0, 0.1) is 11.3 Å². The van der Waals surface area contributed by atoms with Gasteiger partial charge in [0.15, 0.2) is 5.17 Å². The van der Waals surface area contributed by atoms with E-state index in [4.69, 9.17) is 4.99 Å². The molecule has 0 unspecified atom stereocenters. The molecule has 0 spiro atoms. The Kier molecular flexibility index (Phi) is 7.63. The molecule has 8 nitrogen and oxygen atoms in total. The van der Waals surface area contributed by atoms with E-state index in [1.807, 2.05) is 73.5 Å². The fourth-order valence-corrected chi connectivity index (χ4v) is 6.60. The monoisotopic (exact) mass is 554 g/mol. The van der Waals surface area contributed by atoms with Gasteiger partial charge in [-0.25, -0.2) is 4.99 Å². The van der Waals surface area contributed by atoms with E-state index in [9.17, 15) is 14.9 Å². The minimum absolute atomic E-state index is 0.131. The van der Waals surface area contributed by atoms with Crippen molar-refractivity contribution in [1.29, 1.82) is 5.26 Å². The normalized spacial score (nSPS) is 17.4. The molecule has 196 valence electrons. The molecule has 1 saturated heterocycles. The van der Waals surface area contributed by atoms with Crippen molar-refractivity contribution in [3.8, 4) is 6.07 Å². The number of carbonyl (C=O) groups excluding carboxylic acids is 2. The molecule has 0 aliphatic carbocycles. The third-order valence-electron chi connectivity index (χ3n) is 6.10. The lowest BCUT2D eigenvalue weighted by Crippen LogP contribution is -2.29. The van der Waals surface area contributed by atoms with E-state index in [0.717, 1.165) is 26.9 Å². The van der Waals surface area contributed by atoms with Crippen LogP contribution >= 0.6 is 23.5 Å². The van der Waals surface area contributed by atoms with Gasteiger partial charge < -0.3 is 15.5 Å². The number of nitriles is 1. The molecule has 2 amide bonds. The van der Waals surface area contributed by atoms with Gasteiger partial charge in [-0.1, -0.05) is 42.1 Å². The number of rotatable bonds is 6. The molecule has 0 saturated carbocycles. The number of amides is 2. The zero-order valence-corrected chi connectivity index (χ0v) is 23.3. The molecule has 39 heavy (non-hydrogen) atoms. The second kappa shape index (κ2) is 11.3. The number of nitrogens with zero attached hydrogens (tertiary/aromatic N) is 4. The molecule has 3 aromatic carbocycles. The number of nitrogens with one attached hydrogen (secondary N) is 2. The summed E-state index contributed by atoms with van der Waals surface area (Å²) >= 11 is 2.85. The quantitative estimate of drug-likeness (QED) is 0.354. The zero-order valence-electron chi connectivity index (χ0n) is 21.7. The number of carbonyl (C=O) groups is 2. The fraction of sp³-hybridized carbons (Fsp3) is 0.172. The van der Waals surface area contributed by atoms with Crippen LogP contribution < -0.4 is 15.5 Å². The van der Waals surface area contributed by atoms with Gasteiger partial charge in [-0.2, -0.15) is 5.26 Å². The molecule has 2 aliphatic rings. The summed E-state index contributed by atoms with van der Waals surface area (Å²) in [5.41, 5.74) is 4.49. The summed E-state index contributed by atoms with van der Waals surface area (Å²) in [6.07, 6.45) is 0. The number of benzene rings is 3. The molecule has 0 radical (unpaired) electrons. The van der Waals surface area contributed by atoms with Gasteiger partial charge in [-0.3, -0.25) is 14.5 Å². The third kappa shape index (κ3) is 5.50. The van der Waals surface area contributed by atoms with Crippen LogP contribution in [0.25, 0.3) is 0 Å². The van der Waals surface area contributed by atoms with Crippen molar-refractivity contribution in [2.24, 2.45) is 4.99 Å². The summed E-state index contributed by atoms with van der Waals surface area (Å²) in [5, 5.41) is 16.9. The van der Waals surface area contributed by atoms with Crippen molar-refractivity contribution in [3.05, 3.63) is 87.8 Å². The Bertz CT molecular complexity index is 1560. The van der Waals surface area contributed by atoms with Crippen molar-refractivity contribution < 1.29 is 9.59 Å². The van der Waals surface area contributed by atoms with Crippen molar-refractivity contribution >= 4 is 63.3 Å². The predicted molar refractivity (Wildman–Crippen MR) is 159 cm³/mol. The lowest BCUT2D eigenvalue weighted by molar-refractivity contribution is -0.122. The summed E-state index contributed by atoms with van der Waals surface area (Å²) in [7, 11) is 1.92. The Hall–Kier alpha value is -4.20. The van der Waals surface area contributed by atoms with Gasteiger partial charge >= 0.3 is 0 Å². The molecule has 2 N–H and O–H groups in total. The van der Waals surface area contributed by atoms with Crippen LogP contribution in [0.3, 0.4) is 0 Å². The minimum atomic E-state index is -0.141. The SMILES string of the molecule is CCNc1ccc(C#N)cc1N=C1SC(=C2Sc3ccc(NC(C)=O)cc3N2C)C(=O)N1Cc1ccccc1. The van der Waals surface area contributed by atoms with E-state index in [-0.39, 0.29) is 11.8 Å². The van der Waals surface area contributed by atoms with Crippen LogP contribution in [0.1, 0.15) is 25.0 Å². The van der Waals surface area contributed by atoms with Crippen LogP contribution in [-0.4, -0.2) is 35.5 Å². The highest BCUT2D eigenvalue weighted by atomic mass is 32.2. The highest BCUT2D eigenvalue weighted by Crippen LogP contribution is 2.51. The minimum Gasteiger partial charge on any atom is -0.384 e. The molecule has 0 atom stereocenters. The number of fused-ring (bicyclic) bond motifs is 1. The van der Waals surface area contributed by atoms with E-state index in [0.29, 0.717) is 40.1 Å². The van der Waals surface area contributed by atoms with Gasteiger partial charge in [0.1, 0.15) is 4.91 Å². The molecule has 2 heterocycles. The summed E-state index contributed by atoms with van der Waals surface area (Å²) in [4.78, 5) is 35.7. The number of aliphatic imine (C=N–C) groups is 1. The second-order valence-corrected chi connectivity index (χ2v) is 10.9. The summed E-state index contributed by atoms with van der Waals surface area (Å²) < 4.78 is 0. The highest BCUT2D eigenvalue weighted by Gasteiger charge is 2.39. The van der Waals surface area contributed by atoms with Crippen molar-refractivity contribution in [1.82, 2.24) is 4.90 Å². The summed E-state index contributed by atoms with van der Waals surface area (Å²) in [6.45, 7) is 4.53. The fourth-order valence-electron chi connectivity index (χ4n) is 4.29. The number of hydrogen-bond acceptors (Lipinski definition) is 8. The Morgan fingerprint density at radius 2 is 1.87 bits per heavy atom. The summed E-state index contributed by atoms with van der Waals surface area (Å²) in [6, 6.07) is 23.0. The molecule has 0 bridgehead atoms. The molecular formula is C29H26N6O2S2. The Balaban J connectivity index is 1.57. The van der Waals surface area contributed by atoms with Crippen LogP contribution in [0.15, 0.2) is 86.6 Å². The van der Waals surface area contributed by atoms with Crippen LogP contribution in [-0.2, 0) is 16.1 Å². The van der Waals surface area contributed by atoms with E-state index >= 15 is 0 Å². The van der Waals surface area contributed by atoms with Gasteiger partial charge in [0.05, 0.1) is 40.3 Å². The largest absolute Gasteiger partial charge is 0.384 e. The zero-order chi connectivity index (χ0) is 27.5. The molecule has 2 aliphatic heterocycles. The van der Waals surface area contributed by atoms with Gasteiger partial charge in [-0.15, -0.1) is 0 Å². The van der Waals surface area contributed by atoms with Crippen molar-refractivity contribution in [2.45, 2.75) is 25.3 Å². The molecular weight excluding hydrogens is 528 g/mol. The smallest absolute Gasteiger partial charge is 0.269 e. The average molecular weight is 555 g/mol. The van der Waals surface area contributed by atoms with E-state index in [2.05, 4.69) is 16.7 Å². The van der Waals surface area contributed by atoms with E-state index < -0.39 is 0 Å². The first-order valence-electron chi connectivity index (χ1n) is 12.4. The van der Waals surface area contributed by atoms with Gasteiger partial charge in [0, 0.05) is 31.1 Å². The lowest BCUT2D eigenvalue weighted by atomic mass is 10.2. The molecule has 5 rings (SSSR count). The van der Waals surface area contributed by atoms with Gasteiger partial charge in [0.25, 0.3) is 5.91 Å². The lowest BCUT2D eigenvalue weighted by Gasteiger charge is -2.17. The predicted octanol–water partition coefficient (Wildman–Crippen LogP) is 6.12. The molecule has 3 aromatic rings. The maximum atomic E-state index is 13.9. The van der Waals surface area contributed by atoms with Crippen LogP contribution in [0.4, 0.5) is 22.7 Å². The summed E-state index contributed by atoms with van der Waals surface area (Å²) in [5.74, 6) is -0.272. The topological polar surface area (TPSA) is 101 Å². The average Bonchev–Trinajstić information content (AvgIpc) is 3.41. The Morgan fingerprint density at radius 3 is 2.59 bits per heavy atom. The Morgan fingerprint density at radius 1 is 1.08 bits per heavy atom. The molecule has 1 fully saturated rings. The van der Waals surface area contributed by atoms with Crippen molar-refractivity contribution in [3.63, 3.8) is 0 Å². The second-order valence-electron chi connectivity index (χ2n) is 8.91.